The Morgan fingerprint density at radius 1 is 1.10 bits per heavy atom. The second kappa shape index (κ2) is 6.05. The predicted octanol–water partition coefficient (Wildman–Crippen LogP) is 2.41. The fraction of sp³-hybridized carbons (Fsp3) is 0.133. The molecule has 0 heterocycles. The lowest BCUT2D eigenvalue weighted by Gasteiger charge is -2.07. The van der Waals surface area contributed by atoms with Crippen LogP contribution in [0.3, 0.4) is 0 Å². The van der Waals surface area contributed by atoms with E-state index in [9.17, 15) is 17.6 Å². The molecular formula is C15H14FNO3S. The summed E-state index contributed by atoms with van der Waals surface area (Å²) in [6, 6.07) is 11.9. The SMILES string of the molecule is CS(=O)(=O)c1ccc(NC(=O)Cc2ccccc2F)cc1. The summed E-state index contributed by atoms with van der Waals surface area (Å²) < 4.78 is 36.1. The van der Waals surface area contributed by atoms with Gasteiger partial charge in [0.2, 0.25) is 5.91 Å². The molecule has 4 nitrogen and oxygen atoms in total. The van der Waals surface area contributed by atoms with Crippen molar-refractivity contribution < 1.29 is 17.6 Å². The molecular weight excluding hydrogens is 293 g/mol. The van der Waals surface area contributed by atoms with Gasteiger partial charge in [-0.15, -0.1) is 0 Å². The van der Waals surface area contributed by atoms with Crippen LogP contribution in [-0.4, -0.2) is 20.6 Å². The third-order valence-corrected chi connectivity index (χ3v) is 4.00. The Kier molecular flexibility index (Phi) is 4.37. The van der Waals surface area contributed by atoms with Crippen molar-refractivity contribution in [3.8, 4) is 0 Å². The van der Waals surface area contributed by atoms with Crippen LogP contribution in [0, 0.1) is 5.82 Å². The monoisotopic (exact) mass is 307 g/mol. The molecule has 6 heteroatoms. The Morgan fingerprint density at radius 3 is 2.29 bits per heavy atom. The highest BCUT2D eigenvalue weighted by molar-refractivity contribution is 7.90. The van der Waals surface area contributed by atoms with Gasteiger partial charge in [-0.2, -0.15) is 0 Å². The average Bonchev–Trinajstić information content (AvgIpc) is 2.41. The Balaban J connectivity index is 2.05. The van der Waals surface area contributed by atoms with E-state index >= 15 is 0 Å². The number of hydrogen-bond acceptors (Lipinski definition) is 3. The molecule has 0 aromatic heterocycles. The molecule has 0 aliphatic rings. The van der Waals surface area contributed by atoms with Crippen LogP contribution in [0.1, 0.15) is 5.56 Å². The van der Waals surface area contributed by atoms with Gasteiger partial charge in [0, 0.05) is 11.9 Å². The molecule has 110 valence electrons. The van der Waals surface area contributed by atoms with Crippen molar-refractivity contribution >= 4 is 21.4 Å². The van der Waals surface area contributed by atoms with Gasteiger partial charge >= 0.3 is 0 Å². The second-order valence-corrected chi connectivity index (χ2v) is 6.63. The first-order valence-corrected chi connectivity index (χ1v) is 8.09. The van der Waals surface area contributed by atoms with Crippen molar-refractivity contribution in [2.24, 2.45) is 0 Å². The van der Waals surface area contributed by atoms with E-state index in [0.29, 0.717) is 11.3 Å². The van der Waals surface area contributed by atoms with Gasteiger partial charge in [-0.3, -0.25) is 4.79 Å². The van der Waals surface area contributed by atoms with Gasteiger partial charge in [-0.1, -0.05) is 18.2 Å². The summed E-state index contributed by atoms with van der Waals surface area (Å²) in [5.74, 6) is -0.799. The highest BCUT2D eigenvalue weighted by Gasteiger charge is 2.09. The van der Waals surface area contributed by atoms with E-state index in [-0.39, 0.29) is 17.2 Å². The normalized spacial score (nSPS) is 11.1. The summed E-state index contributed by atoms with van der Waals surface area (Å²) in [7, 11) is -3.26. The summed E-state index contributed by atoms with van der Waals surface area (Å²) in [5.41, 5.74) is 0.770. The molecule has 2 aromatic rings. The number of hydrogen-bond donors (Lipinski definition) is 1. The van der Waals surface area contributed by atoms with E-state index in [4.69, 9.17) is 0 Å². The molecule has 0 aliphatic carbocycles. The maximum absolute atomic E-state index is 13.4. The first-order chi connectivity index (χ1) is 9.86. The van der Waals surface area contributed by atoms with Crippen molar-refractivity contribution in [2.45, 2.75) is 11.3 Å². The zero-order valence-electron chi connectivity index (χ0n) is 11.3. The fourth-order valence-electron chi connectivity index (χ4n) is 1.81. The van der Waals surface area contributed by atoms with Gasteiger partial charge in [-0.25, -0.2) is 12.8 Å². The maximum Gasteiger partial charge on any atom is 0.228 e. The van der Waals surface area contributed by atoms with Gasteiger partial charge in [0.1, 0.15) is 5.82 Å². The van der Waals surface area contributed by atoms with Gasteiger partial charge < -0.3 is 5.32 Å². The minimum absolute atomic E-state index is 0.0828. The van der Waals surface area contributed by atoms with Gasteiger partial charge in [0.25, 0.3) is 0 Å². The van der Waals surface area contributed by atoms with Crippen molar-refractivity contribution in [3.63, 3.8) is 0 Å². The molecule has 0 fully saturated rings. The predicted molar refractivity (Wildman–Crippen MR) is 78.3 cm³/mol. The molecule has 1 N–H and O–H groups in total. The Bertz CT molecular complexity index is 755. The summed E-state index contributed by atoms with van der Waals surface area (Å²) in [6.07, 6.45) is 1.03. The molecule has 0 unspecified atom stereocenters. The average molecular weight is 307 g/mol. The molecule has 0 aliphatic heterocycles. The smallest absolute Gasteiger partial charge is 0.228 e. The second-order valence-electron chi connectivity index (χ2n) is 4.61. The zero-order chi connectivity index (χ0) is 15.5. The minimum atomic E-state index is -3.26. The number of halogens is 1. The summed E-state index contributed by atoms with van der Waals surface area (Å²) >= 11 is 0. The van der Waals surface area contributed by atoms with Crippen LogP contribution in [0.2, 0.25) is 0 Å². The Hall–Kier alpha value is -2.21. The van der Waals surface area contributed by atoms with Crippen LogP contribution in [-0.2, 0) is 21.1 Å². The van der Waals surface area contributed by atoms with Crippen LogP contribution in [0.5, 0.6) is 0 Å². The van der Waals surface area contributed by atoms with E-state index in [1.165, 1.54) is 30.3 Å². The molecule has 0 bridgehead atoms. The molecule has 2 aromatic carbocycles. The largest absolute Gasteiger partial charge is 0.326 e. The molecule has 0 saturated carbocycles. The maximum atomic E-state index is 13.4. The van der Waals surface area contributed by atoms with Crippen molar-refractivity contribution in [1.82, 2.24) is 0 Å². The number of carbonyl (C=O) groups excluding carboxylic acids is 1. The van der Waals surface area contributed by atoms with E-state index in [0.717, 1.165) is 6.26 Å². The van der Waals surface area contributed by atoms with E-state index < -0.39 is 15.7 Å². The lowest BCUT2D eigenvalue weighted by molar-refractivity contribution is -0.115. The van der Waals surface area contributed by atoms with Crippen LogP contribution < -0.4 is 5.32 Å². The summed E-state index contributed by atoms with van der Waals surface area (Å²) in [6.45, 7) is 0. The first kappa shape index (κ1) is 15.2. The van der Waals surface area contributed by atoms with Crippen LogP contribution >= 0.6 is 0 Å². The molecule has 0 spiro atoms. The van der Waals surface area contributed by atoms with Crippen molar-refractivity contribution in [3.05, 3.63) is 59.9 Å². The van der Waals surface area contributed by atoms with E-state index in [2.05, 4.69) is 5.32 Å². The highest BCUT2D eigenvalue weighted by Crippen LogP contribution is 2.14. The minimum Gasteiger partial charge on any atom is -0.326 e. The third kappa shape index (κ3) is 4.13. The number of anilines is 1. The number of nitrogens with one attached hydrogen (secondary N) is 1. The topological polar surface area (TPSA) is 63.2 Å². The van der Waals surface area contributed by atoms with Gasteiger partial charge in [0.15, 0.2) is 9.84 Å². The number of amides is 1. The standard InChI is InChI=1S/C15H14FNO3S/c1-21(19,20)13-8-6-12(7-9-13)17-15(18)10-11-4-2-3-5-14(11)16/h2-9H,10H2,1H3,(H,17,18). The first-order valence-electron chi connectivity index (χ1n) is 6.19. The number of benzene rings is 2. The van der Waals surface area contributed by atoms with Gasteiger partial charge in [0.05, 0.1) is 11.3 Å². The number of carbonyl (C=O) groups is 1. The quantitative estimate of drug-likeness (QED) is 0.943. The Labute approximate surface area is 122 Å². The number of rotatable bonds is 4. The molecule has 1 amide bonds. The van der Waals surface area contributed by atoms with Crippen LogP contribution in [0.15, 0.2) is 53.4 Å². The molecule has 0 saturated heterocycles. The van der Waals surface area contributed by atoms with Crippen LogP contribution in [0.25, 0.3) is 0 Å². The lowest BCUT2D eigenvalue weighted by Crippen LogP contribution is -2.15. The molecule has 21 heavy (non-hydrogen) atoms. The summed E-state index contributed by atoms with van der Waals surface area (Å²) in [4.78, 5) is 12.0. The highest BCUT2D eigenvalue weighted by atomic mass is 32.2. The lowest BCUT2D eigenvalue weighted by atomic mass is 10.1. The third-order valence-electron chi connectivity index (χ3n) is 2.88. The Morgan fingerprint density at radius 2 is 1.71 bits per heavy atom. The summed E-state index contributed by atoms with van der Waals surface area (Å²) in [5, 5.41) is 2.60. The van der Waals surface area contributed by atoms with E-state index in [1.54, 1.807) is 18.2 Å². The van der Waals surface area contributed by atoms with Crippen molar-refractivity contribution in [2.75, 3.05) is 11.6 Å². The molecule has 0 atom stereocenters. The fourth-order valence-corrected chi connectivity index (χ4v) is 2.44. The van der Waals surface area contributed by atoms with E-state index in [1.807, 2.05) is 0 Å². The van der Waals surface area contributed by atoms with Gasteiger partial charge in [-0.05, 0) is 35.9 Å². The zero-order valence-corrected chi connectivity index (χ0v) is 12.2. The van der Waals surface area contributed by atoms with Crippen LogP contribution in [0.4, 0.5) is 10.1 Å². The molecule has 2 rings (SSSR count). The van der Waals surface area contributed by atoms with Crippen molar-refractivity contribution in [1.29, 1.82) is 0 Å². The number of sulfone groups is 1. The molecule has 0 radical (unpaired) electrons.